The number of thiazole rings is 3. The molecule has 129 heavy (non-hydrogen) atoms. The number of sulfonamides is 3. The molecule has 0 aliphatic heterocycles. The fraction of sp³-hybridized carbons (Fsp3) is 0.250. The van der Waals surface area contributed by atoms with Gasteiger partial charge in [-0.25, -0.2) is 78.7 Å². The van der Waals surface area contributed by atoms with E-state index in [4.69, 9.17) is 14.2 Å². The molecule has 0 aliphatic carbocycles. The van der Waals surface area contributed by atoms with Crippen LogP contribution in [0.3, 0.4) is 0 Å². The lowest BCUT2D eigenvalue weighted by Crippen LogP contribution is -2.40. The van der Waals surface area contributed by atoms with E-state index in [1.807, 2.05) is 94.7 Å². The quantitative estimate of drug-likeness (QED) is 0.0178. The number of halogens is 2. The Bertz CT molecular complexity index is 6210. The van der Waals surface area contributed by atoms with Gasteiger partial charge in [0.1, 0.15) is 24.3 Å². The third kappa shape index (κ3) is 27.6. The molecule has 14 rings (SSSR count). The average molecular weight is 2030 g/mol. The van der Waals surface area contributed by atoms with Gasteiger partial charge in [-0.2, -0.15) is 0 Å². The van der Waals surface area contributed by atoms with Crippen molar-refractivity contribution in [3.05, 3.63) is 292 Å². The number of anilines is 3. The second kappa shape index (κ2) is 43.2. The number of ether oxygens (including phenoxy) is 3. The average Bonchev–Trinajstić information content (AvgIpc) is 1.42. The summed E-state index contributed by atoms with van der Waals surface area (Å²) in [4.78, 5) is 63.2. The van der Waals surface area contributed by atoms with E-state index in [9.17, 15) is 39.6 Å². The molecule has 33 heteroatoms. The van der Waals surface area contributed by atoms with Gasteiger partial charge in [0.15, 0.2) is 0 Å². The minimum Gasteiger partial charge on any atom is -0.447 e. The molecular weight excluding hydrogens is 1930 g/mol. The Kier molecular flexibility index (Phi) is 33.5. The molecule has 0 aliphatic rings. The lowest BCUT2D eigenvalue weighted by molar-refractivity contribution is 0.129. The van der Waals surface area contributed by atoms with Gasteiger partial charge in [0.2, 0.25) is 30.1 Å². The maximum atomic E-state index is 13.4. The molecule has 676 valence electrons. The van der Waals surface area contributed by atoms with Gasteiger partial charge in [-0.1, -0.05) is 145 Å². The van der Waals surface area contributed by atoms with E-state index in [0.29, 0.717) is 48.7 Å². The van der Waals surface area contributed by atoms with Crippen LogP contribution in [0.15, 0.2) is 281 Å². The summed E-state index contributed by atoms with van der Waals surface area (Å²) in [6.45, 7) is 28.8. The van der Waals surface area contributed by atoms with Crippen molar-refractivity contribution in [2.75, 3.05) is 16.0 Å². The number of amides is 3. The van der Waals surface area contributed by atoms with E-state index in [1.54, 1.807) is 181 Å². The fourth-order valence-corrected chi connectivity index (χ4v) is 22.2. The Balaban J connectivity index is 0.000000180. The summed E-state index contributed by atoms with van der Waals surface area (Å²) in [5.74, 6) is 0. The van der Waals surface area contributed by atoms with Gasteiger partial charge in [0.25, 0.3) is 0 Å². The molecule has 3 amide bonds. The number of hydrogen-bond donors (Lipinski definition) is 7. The minimum absolute atomic E-state index is 0. The smallest absolute Gasteiger partial charge is 0.411 e. The number of carbonyl (C=O) groups excluding carboxylic acids is 3. The van der Waals surface area contributed by atoms with Crippen LogP contribution in [-0.2, 0) is 49.8 Å². The number of aromatic amines is 1. The van der Waals surface area contributed by atoms with Crippen molar-refractivity contribution in [2.24, 2.45) is 0 Å². The Hall–Kier alpha value is -11.0. The van der Waals surface area contributed by atoms with Crippen molar-refractivity contribution in [3.8, 4) is 74.3 Å². The zero-order valence-corrected chi connectivity index (χ0v) is 82.0. The predicted octanol–water partition coefficient (Wildman–Crippen LogP) is 24.0. The molecule has 0 fully saturated rings. The Morgan fingerprint density at radius 1 is 0.426 bits per heavy atom. The highest BCUT2D eigenvalue weighted by Crippen LogP contribution is 2.44. The molecule has 5 aromatic heterocycles. The van der Waals surface area contributed by atoms with Crippen molar-refractivity contribution < 1.29 is 53.8 Å². The number of H-pyrrole nitrogens is 1. The maximum Gasteiger partial charge on any atom is 0.411 e. The van der Waals surface area contributed by atoms with Crippen molar-refractivity contribution in [1.29, 1.82) is 0 Å². The number of nitrogens with zero attached hydrogens (tertiary/aromatic N) is 6. The second-order valence-corrected chi connectivity index (χ2v) is 43.4. The molecule has 0 unspecified atom stereocenters. The largest absolute Gasteiger partial charge is 0.447 e. The van der Waals surface area contributed by atoms with Gasteiger partial charge >= 0.3 is 18.3 Å². The van der Waals surface area contributed by atoms with Crippen LogP contribution in [0, 0.1) is 10.6 Å². The van der Waals surface area contributed by atoms with Crippen molar-refractivity contribution in [2.45, 2.75) is 173 Å². The van der Waals surface area contributed by atoms with Gasteiger partial charge in [-0.15, -0.1) is 34.0 Å². The number of carbonyl (C=O) groups is 3. The van der Waals surface area contributed by atoms with E-state index < -0.39 is 70.5 Å². The van der Waals surface area contributed by atoms with Crippen LogP contribution in [0.1, 0.15) is 134 Å². The second-order valence-electron chi connectivity index (χ2n) is 33.4. The molecule has 0 bridgehead atoms. The monoisotopic (exact) mass is 2030 g/mol. The number of imidazole rings is 2. The number of nitrogens with one attached hydrogen (secondary N) is 7. The van der Waals surface area contributed by atoms with Crippen molar-refractivity contribution in [1.82, 2.24) is 48.6 Å². The number of aryl methyl sites for hydroxylation is 1. The molecule has 0 saturated carbocycles. The SMILES string of the molecule is C.CC(C)OC(=O)Nc1ccc(-c2ncc(-c3ccc(-c4cnc[nH]4)cc3S(=O)(=O)NC(C)(C)C)s2)cc1.CC(C)OC(=O)Nc1ccc(-c2ncc(-c3ccc(Br)cc3S(=O)(=O)NC(C)(C)C)s2)cc1.Cc1ccc(-c2cnc(-c3ccc(NC(=O)OC(C)C)cc3)s2)c(S(=O)(=O)NC(C)(C)C)c1.Ic1cn(C(c2ccccc2)(c2ccccc2)c2ccccc2)cn1. The number of aromatic nitrogens is 7. The first kappa shape index (κ1) is 100. The van der Waals surface area contributed by atoms with Crippen LogP contribution in [-0.4, -0.2) is 113 Å². The number of hydrogen-bond acceptors (Lipinski definition) is 20. The predicted molar refractivity (Wildman–Crippen MR) is 531 cm³/mol. The summed E-state index contributed by atoms with van der Waals surface area (Å²) >= 11 is 9.82. The lowest BCUT2D eigenvalue weighted by Gasteiger charge is -2.37. The summed E-state index contributed by atoms with van der Waals surface area (Å²) in [5.41, 5.74) is 9.69. The summed E-state index contributed by atoms with van der Waals surface area (Å²) in [6, 6.07) is 69.4. The summed E-state index contributed by atoms with van der Waals surface area (Å²) in [5, 5.41) is 10.2. The highest BCUT2D eigenvalue weighted by molar-refractivity contribution is 14.1. The molecule has 0 spiro atoms. The lowest BCUT2D eigenvalue weighted by atomic mass is 9.77. The molecular formula is C96H105BrIN13O12S6. The van der Waals surface area contributed by atoms with E-state index in [1.165, 1.54) is 50.7 Å². The zero-order chi connectivity index (χ0) is 92.7. The van der Waals surface area contributed by atoms with Crippen LogP contribution in [0.4, 0.5) is 31.4 Å². The van der Waals surface area contributed by atoms with Crippen LogP contribution in [0.25, 0.3) is 74.3 Å². The van der Waals surface area contributed by atoms with Crippen LogP contribution in [0.5, 0.6) is 0 Å². The summed E-state index contributed by atoms with van der Waals surface area (Å²) < 4.78 is 107. The Labute approximate surface area is 789 Å². The van der Waals surface area contributed by atoms with E-state index in [-0.39, 0.29) is 40.4 Å². The van der Waals surface area contributed by atoms with E-state index >= 15 is 0 Å². The van der Waals surface area contributed by atoms with Gasteiger partial charge in [0, 0.05) is 102 Å². The summed E-state index contributed by atoms with van der Waals surface area (Å²) in [6.07, 6.45) is 10.1. The van der Waals surface area contributed by atoms with E-state index in [2.05, 4.69) is 200 Å². The topological polar surface area (TPSA) is 339 Å². The number of rotatable bonds is 23. The van der Waals surface area contributed by atoms with Crippen LogP contribution < -0.4 is 30.1 Å². The minimum atomic E-state index is -3.85. The van der Waals surface area contributed by atoms with Crippen LogP contribution in [0.2, 0.25) is 0 Å². The highest BCUT2D eigenvalue weighted by atomic mass is 127. The molecule has 5 heterocycles. The standard InChI is InChI=1S/C26H29N5O4S2.C24H29N3O4S2.C23H26BrN3O4S2.C22H17IN2.CH4/c1-16(2)35-25(32)30-19-9-6-17(7-10-19)24-28-14-22(36-24)20-11-8-18(21-13-27-15-29-21)12-23(20)37(33,34)31-26(3,4)5;1-15(2)31-23(28)26-18-10-8-17(9-11-18)22-25-14-20(32-22)19-12-7-16(3)13-21(19)33(29,30)27-24(4,5)6;1-14(2)31-22(28)26-17-9-6-15(7-10-17)21-25-13-19(32-21)18-11-8-16(24)12-20(18)33(29,30)27-23(3,4)5;23-21-16-25(17-24-21)22(18-10-4-1-5-11-18,19-12-6-2-7-13-19)20-14-8-3-9-15-20;/h6-16,31H,1-5H3,(H,27,29)(H,30,32);7-15,27H,1-6H3,(H,26,28);6-14,27H,1-5H3,(H,26,28);1-17H;1H4. The molecule has 0 radical (unpaired) electrons. The van der Waals surface area contributed by atoms with Crippen molar-refractivity contribution >= 4 is 138 Å². The normalized spacial score (nSPS) is 11.9. The molecule has 25 nitrogen and oxygen atoms in total. The molecule has 14 aromatic rings. The molecule has 7 N–H and O–H groups in total. The maximum absolute atomic E-state index is 13.4. The number of benzene rings is 9. The third-order valence-electron chi connectivity index (χ3n) is 18.1. The fourth-order valence-electron chi connectivity index (χ4n) is 13.1. The molecule has 9 aromatic carbocycles. The van der Waals surface area contributed by atoms with Crippen LogP contribution >= 0.6 is 72.5 Å². The molecule has 0 atom stereocenters. The first-order valence-corrected chi connectivity index (χ1v) is 49.3. The van der Waals surface area contributed by atoms with E-state index in [0.717, 1.165) is 56.4 Å². The molecule has 0 saturated heterocycles. The first-order chi connectivity index (χ1) is 60.4. The van der Waals surface area contributed by atoms with Gasteiger partial charge in [-0.05, 0) is 253 Å². The van der Waals surface area contributed by atoms with Gasteiger partial charge < -0.3 is 23.8 Å². The first-order valence-electron chi connectivity index (χ1n) is 40.5. The summed E-state index contributed by atoms with van der Waals surface area (Å²) in [7, 11) is -11.3. The zero-order valence-electron chi connectivity index (χ0n) is 73.3. The highest BCUT2D eigenvalue weighted by Gasteiger charge is 2.39. The van der Waals surface area contributed by atoms with Gasteiger partial charge in [0.05, 0.1) is 72.2 Å². The van der Waals surface area contributed by atoms with Gasteiger partial charge in [-0.3, -0.25) is 16.0 Å². The Morgan fingerprint density at radius 3 is 1.07 bits per heavy atom. The Morgan fingerprint density at radius 2 is 0.752 bits per heavy atom. The van der Waals surface area contributed by atoms with Crippen molar-refractivity contribution in [3.63, 3.8) is 0 Å². The third-order valence-corrected chi connectivity index (χ3v) is 27.7.